The summed E-state index contributed by atoms with van der Waals surface area (Å²) in [5.41, 5.74) is 1.65. The van der Waals surface area contributed by atoms with Crippen LogP contribution in [0.3, 0.4) is 0 Å². The molecule has 0 aromatic heterocycles. The molecule has 1 aromatic rings. The molecule has 0 spiro atoms. The van der Waals surface area contributed by atoms with Crippen LogP contribution in [0.25, 0.3) is 0 Å². The number of rotatable bonds is 2. The maximum atomic E-state index is 13.0. The van der Waals surface area contributed by atoms with Crippen molar-refractivity contribution in [2.75, 3.05) is 0 Å². The highest BCUT2D eigenvalue weighted by Crippen LogP contribution is 2.43. The average molecular weight is 327 g/mol. The maximum absolute atomic E-state index is 13.0. The number of halogens is 2. The van der Waals surface area contributed by atoms with E-state index in [0.717, 1.165) is 12.3 Å². The van der Waals surface area contributed by atoms with Crippen molar-refractivity contribution in [3.63, 3.8) is 0 Å². The third-order valence-electron chi connectivity index (χ3n) is 4.53. The van der Waals surface area contributed by atoms with Gasteiger partial charge < -0.3 is 0 Å². The fourth-order valence-electron chi connectivity index (χ4n) is 3.15. The smallest absolute Gasteiger partial charge is 0.123 e. The van der Waals surface area contributed by atoms with Crippen molar-refractivity contribution in [1.29, 1.82) is 0 Å². The van der Waals surface area contributed by atoms with E-state index in [1.807, 2.05) is 12.1 Å². The summed E-state index contributed by atoms with van der Waals surface area (Å²) in [6.45, 7) is 7.05. The monoisotopic (exact) mass is 326 g/mol. The van der Waals surface area contributed by atoms with Gasteiger partial charge in [0.05, 0.1) is 0 Å². The Bertz CT molecular complexity index is 404. The Labute approximate surface area is 124 Å². The molecule has 19 heavy (non-hydrogen) atoms. The zero-order valence-electron chi connectivity index (χ0n) is 12.1. The summed E-state index contributed by atoms with van der Waals surface area (Å²) in [6.07, 6.45) is 4.91. The van der Waals surface area contributed by atoms with Gasteiger partial charge in [-0.05, 0) is 60.6 Å². The Morgan fingerprint density at radius 2 is 1.79 bits per heavy atom. The van der Waals surface area contributed by atoms with E-state index in [2.05, 4.69) is 36.7 Å². The molecule has 1 saturated carbocycles. The number of alkyl halides is 1. The molecule has 2 heteroatoms. The maximum Gasteiger partial charge on any atom is 0.123 e. The average Bonchev–Trinajstić information content (AvgIpc) is 2.33. The Morgan fingerprint density at radius 1 is 1.16 bits per heavy atom. The number of hydrogen-bond acceptors (Lipinski definition) is 0. The minimum Gasteiger partial charge on any atom is -0.207 e. The highest BCUT2D eigenvalue weighted by Gasteiger charge is 2.34. The molecule has 1 fully saturated rings. The van der Waals surface area contributed by atoms with Crippen molar-refractivity contribution in [2.45, 2.75) is 51.3 Å². The van der Waals surface area contributed by atoms with Gasteiger partial charge in [-0.15, -0.1) is 0 Å². The van der Waals surface area contributed by atoms with Crippen LogP contribution in [0, 0.1) is 23.1 Å². The van der Waals surface area contributed by atoms with Crippen LogP contribution in [0.5, 0.6) is 0 Å². The normalized spacial score (nSPS) is 28.4. The molecule has 1 aromatic carbocycles. The van der Waals surface area contributed by atoms with E-state index in [1.165, 1.54) is 24.8 Å². The van der Waals surface area contributed by atoms with Gasteiger partial charge in [0.2, 0.25) is 0 Å². The summed E-state index contributed by atoms with van der Waals surface area (Å²) >= 11 is 3.85. The number of benzene rings is 1. The lowest BCUT2D eigenvalue weighted by Gasteiger charge is -2.40. The van der Waals surface area contributed by atoms with E-state index < -0.39 is 0 Å². The van der Waals surface area contributed by atoms with Crippen LogP contribution in [-0.2, 0) is 6.42 Å². The Morgan fingerprint density at radius 3 is 2.37 bits per heavy atom. The fraction of sp³-hybridized carbons (Fsp3) is 0.647. The quantitative estimate of drug-likeness (QED) is 0.621. The molecule has 0 N–H and O–H groups in total. The van der Waals surface area contributed by atoms with E-state index in [1.54, 1.807) is 12.1 Å². The Hall–Kier alpha value is -0.370. The third-order valence-corrected chi connectivity index (χ3v) is 5.73. The van der Waals surface area contributed by atoms with Gasteiger partial charge in [0.25, 0.3) is 0 Å². The molecular formula is C17H24BrF. The lowest BCUT2D eigenvalue weighted by molar-refractivity contribution is 0.146. The fourth-order valence-corrected chi connectivity index (χ4v) is 3.82. The first-order valence-corrected chi connectivity index (χ1v) is 8.16. The largest absolute Gasteiger partial charge is 0.207 e. The van der Waals surface area contributed by atoms with Crippen molar-refractivity contribution in [2.24, 2.45) is 17.3 Å². The lowest BCUT2D eigenvalue weighted by Crippen LogP contribution is -2.33. The minimum atomic E-state index is -0.143. The molecule has 0 heterocycles. The molecule has 1 aliphatic carbocycles. The Balaban J connectivity index is 2.03. The van der Waals surface area contributed by atoms with Gasteiger partial charge in [-0.25, -0.2) is 4.39 Å². The van der Waals surface area contributed by atoms with E-state index in [-0.39, 0.29) is 5.82 Å². The van der Waals surface area contributed by atoms with Crippen LogP contribution >= 0.6 is 15.9 Å². The zero-order chi connectivity index (χ0) is 14.0. The number of hydrogen-bond donors (Lipinski definition) is 0. The topological polar surface area (TPSA) is 0 Å². The van der Waals surface area contributed by atoms with Crippen LogP contribution in [0.2, 0.25) is 0 Å². The minimum absolute atomic E-state index is 0.143. The molecule has 106 valence electrons. The van der Waals surface area contributed by atoms with Crippen molar-refractivity contribution < 1.29 is 4.39 Å². The first-order chi connectivity index (χ1) is 8.86. The predicted molar refractivity (Wildman–Crippen MR) is 83.1 cm³/mol. The predicted octanol–water partition coefficient (Wildman–Crippen LogP) is 5.59. The molecule has 0 bridgehead atoms. The van der Waals surface area contributed by atoms with E-state index in [9.17, 15) is 4.39 Å². The van der Waals surface area contributed by atoms with Crippen LogP contribution in [-0.4, -0.2) is 4.83 Å². The van der Waals surface area contributed by atoms with E-state index in [4.69, 9.17) is 0 Å². The standard InChI is InChI=1S/C17H24BrF/c1-17(2,3)14-6-9-16(18)13(11-14)10-12-4-7-15(19)8-5-12/h4-5,7-8,13-14,16H,6,9-11H2,1-3H3. The summed E-state index contributed by atoms with van der Waals surface area (Å²) in [6, 6.07) is 7.00. The molecule has 0 radical (unpaired) electrons. The first kappa shape index (κ1) is 15.0. The molecule has 3 unspecified atom stereocenters. The summed E-state index contributed by atoms with van der Waals surface area (Å²) in [7, 11) is 0. The SMILES string of the molecule is CC(C)(C)C1CCC(Br)C(Cc2ccc(F)cc2)C1. The molecule has 0 amide bonds. The molecule has 0 nitrogen and oxygen atoms in total. The van der Waals surface area contributed by atoms with Gasteiger partial charge in [0, 0.05) is 4.83 Å². The summed E-state index contributed by atoms with van der Waals surface area (Å²) in [5, 5.41) is 0. The van der Waals surface area contributed by atoms with E-state index >= 15 is 0 Å². The molecule has 1 aliphatic rings. The van der Waals surface area contributed by atoms with Crippen LogP contribution < -0.4 is 0 Å². The zero-order valence-corrected chi connectivity index (χ0v) is 13.7. The molecule has 2 rings (SSSR count). The van der Waals surface area contributed by atoms with Gasteiger partial charge in [-0.3, -0.25) is 0 Å². The molecular weight excluding hydrogens is 303 g/mol. The van der Waals surface area contributed by atoms with E-state index in [0.29, 0.717) is 16.2 Å². The van der Waals surface area contributed by atoms with Crippen molar-refractivity contribution in [3.05, 3.63) is 35.6 Å². The molecule has 3 atom stereocenters. The van der Waals surface area contributed by atoms with Gasteiger partial charge >= 0.3 is 0 Å². The van der Waals surface area contributed by atoms with Gasteiger partial charge in [-0.1, -0.05) is 48.8 Å². The second-order valence-corrected chi connectivity index (χ2v) is 8.16. The van der Waals surface area contributed by atoms with Gasteiger partial charge in [0.15, 0.2) is 0 Å². The molecule has 0 aliphatic heterocycles. The highest BCUT2D eigenvalue weighted by molar-refractivity contribution is 9.09. The van der Waals surface area contributed by atoms with Crippen molar-refractivity contribution >= 4 is 15.9 Å². The lowest BCUT2D eigenvalue weighted by atomic mass is 9.68. The van der Waals surface area contributed by atoms with Gasteiger partial charge in [0.1, 0.15) is 5.82 Å². The summed E-state index contributed by atoms with van der Waals surface area (Å²) in [5.74, 6) is 1.32. The van der Waals surface area contributed by atoms with Gasteiger partial charge in [-0.2, -0.15) is 0 Å². The summed E-state index contributed by atoms with van der Waals surface area (Å²) < 4.78 is 13.0. The highest BCUT2D eigenvalue weighted by atomic mass is 79.9. The molecule has 0 saturated heterocycles. The second kappa shape index (κ2) is 5.95. The van der Waals surface area contributed by atoms with Crippen molar-refractivity contribution in [1.82, 2.24) is 0 Å². The second-order valence-electron chi connectivity index (χ2n) is 6.98. The van der Waals surface area contributed by atoms with Crippen LogP contribution in [0.1, 0.15) is 45.6 Å². The van der Waals surface area contributed by atoms with Crippen LogP contribution in [0.4, 0.5) is 4.39 Å². The van der Waals surface area contributed by atoms with Crippen LogP contribution in [0.15, 0.2) is 24.3 Å². The third kappa shape index (κ3) is 4.05. The first-order valence-electron chi connectivity index (χ1n) is 7.25. The summed E-state index contributed by atoms with van der Waals surface area (Å²) in [4.78, 5) is 0.608. The Kier molecular flexibility index (Phi) is 4.70. The van der Waals surface area contributed by atoms with Crippen molar-refractivity contribution in [3.8, 4) is 0 Å².